The molecule has 0 atom stereocenters. The van der Waals surface area contributed by atoms with E-state index in [0.29, 0.717) is 84.6 Å². The van der Waals surface area contributed by atoms with Gasteiger partial charge in [-0.25, -0.2) is 0 Å². The molecule has 12 heterocycles. The Morgan fingerprint density at radius 1 is 0.121 bits per heavy atom. The van der Waals surface area contributed by atoms with Crippen LogP contribution in [0.5, 0.6) is 0 Å². The predicted molar refractivity (Wildman–Crippen MR) is 407 cm³/mol. The van der Waals surface area contributed by atoms with Gasteiger partial charge in [-0.1, -0.05) is 194 Å². The Hall–Kier alpha value is 2.51. The highest BCUT2D eigenvalue weighted by Crippen LogP contribution is 2.60. The van der Waals surface area contributed by atoms with Crippen LogP contribution in [-0.2, 0) is 98.8 Å². The Balaban J connectivity index is 1.25. The molecule has 0 saturated carbocycles. The molecule has 0 aromatic carbocycles. The van der Waals surface area contributed by atoms with Crippen LogP contribution in [0.4, 0.5) is 0 Å². The van der Waals surface area contributed by atoms with Crippen LogP contribution in [0, 0.1) is 82.9 Å². The van der Waals surface area contributed by atoms with Gasteiger partial charge in [0.2, 0.25) is 0 Å². The lowest BCUT2D eigenvalue weighted by atomic mass is 10.3. The van der Waals surface area contributed by atoms with Gasteiger partial charge >= 0.3 is 141 Å². The zero-order valence-corrected chi connectivity index (χ0v) is 81.9. The fraction of sp³-hybridized carbons (Fsp3) is 1.00. The molecule has 0 N–H and O–H groups in total. The molecule has 12 aliphatic rings. The van der Waals surface area contributed by atoms with Gasteiger partial charge in [0.25, 0.3) is 0 Å². The van der Waals surface area contributed by atoms with Crippen molar-refractivity contribution in [2.75, 3.05) is 0 Å². The van der Waals surface area contributed by atoms with E-state index < -0.39 is 141 Å². The summed E-state index contributed by atoms with van der Waals surface area (Å²) in [5.74, 6) is -0.0385. The number of hydrogen-bond donors (Lipinski definition) is 0. The molecule has 0 radical (unpaired) electrons. The van der Waals surface area contributed by atoms with Gasteiger partial charge in [-0.15, -0.1) is 0 Å². The molecule has 0 aromatic rings. The number of rotatable bonds is 32. The standard InChI is InChI=1S/C59H132O24Si16/c1-46(2)32-86-60-84(61-87(33-47(3)4)68-92(66-86,38-52(13)14)78-98(44-58(25)26)79-93(67-86,39-53(15)16)69-88(62-84,34-48(5)6)71-94(70-87,80-98)40-54(17)18)30-29-31-85-63-89(35-49(7)8)72-95(41-55(19)20)74-90(64-85,36-50(9)10)76-97(43-57(23)24)77-91(65-85,37-51(11)12)75-96(73-89,42-56(21)22)82-99(81-95,83-97)45-59(27)28/h46-59H,29-45H2,1-28H3. The first-order valence-electron chi connectivity index (χ1n) is 38.3. The molecule has 0 unspecified atom stereocenters. The minimum atomic E-state index is -4.60. The van der Waals surface area contributed by atoms with Crippen molar-refractivity contribution in [2.24, 2.45) is 82.9 Å². The van der Waals surface area contributed by atoms with E-state index >= 15 is 0 Å². The molecule has 12 aliphatic heterocycles. The van der Waals surface area contributed by atoms with Crippen LogP contribution in [0.25, 0.3) is 0 Å². The Morgan fingerprint density at radius 2 is 0.192 bits per heavy atom. The average Bonchev–Trinajstić information content (AvgIpc) is 0.691. The van der Waals surface area contributed by atoms with Crippen molar-refractivity contribution in [1.82, 2.24) is 0 Å². The van der Waals surface area contributed by atoms with Gasteiger partial charge < -0.3 is 98.8 Å². The Morgan fingerprint density at radius 3 is 0.263 bits per heavy atom. The normalized spacial score (nSPS) is 43.6. The summed E-state index contributed by atoms with van der Waals surface area (Å²) in [6, 6.07) is 5.54. The highest BCUT2D eigenvalue weighted by molar-refractivity contribution is 7.05. The van der Waals surface area contributed by atoms with E-state index in [4.69, 9.17) is 98.8 Å². The molecule has 12 fully saturated rings. The summed E-state index contributed by atoms with van der Waals surface area (Å²) in [7, 11) is -68.7. The fourth-order valence-corrected chi connectivity index (χ4v) is 120. The predicted octanol–water partition coefficient (Wildman–Crippen LogP) is 16.1. The summed E-state index contributed by atoms with van der Waals surface area (Å²) in [6.45, 7) is 60.9. The lowest BCUT2D eigenvalue weighted by molar-refractivity contribution is -0.0381. The first-order chi connectivity index (χ1) is 45.5. The Kier molecular flexibility index (Phi) is 25.6. The van der Waals surface area contributed by atoms with E-state index in [1.165, 1.54) is 0 Å². The summed E-state index contributed by atoms with van der Waals surface area (Å²) in [5.41, 5.74) is 0. The maximum Gasteiger partial charge on any atom is 0.479 e. The van der Waals surface area contributed by atoms with Crippen LogP contribution >= 0.6 is 0 Å². The van der Waals surface area contributed by atoms with Crippen molar-refractivity contribution in [3.8, 4) is 0 Å². The van der Waals surface area contributed by atoms with Crippen molar-refractivity contribution in [2.45, 2.75) is 297 Å². The molecular formula is C59H132O24Si16. The Labute approximate surface area is 615 Å². The first-order valence-corrected chi connectivity index (χ1v) is 69.2. The van der Waals surface area contributed by atoms with Crippen LogP contribution in [0.2, 0.25) is 96.7 Å². The smallest absolute Gasteiger partial charge is 0.373 e. The lowest BCUT2D eigenvalue weighted by Crippen LogP contribution is -2.89. The second kappa shape index (κ2) is 30.2. The van der Waals surface area contributed by atoms with Crippen LogP contribution in [0.15, 0.2) is 0 Å². The minimum absolute atomic E-state index is 0.0127. The number of hydrogen-bond acceptors (Lipinski definition) is 24. The molecule has 0 spiro atoms. The van der Waals surface area contributed by atoms with Gasteiger partial charge in [-0.3, -0.25) is 0 Å². The van der Waals surface area contributed by atoms with Gasteiger partial charge in [0, 0.05) is 96.7 Å². The van der Waals surface area contributed by atoms with E-state index in [1.54, 1.807) is 0 Å². The van der Waals surface area contributed by atoms with Gasteiger partial charge in [0.05, 0.1) is 0 Å². The monoisotopic (exact) mass is 1670 g/mol. The molecule has 12 rings (SSSR count). The van der Waals surface area contributed by atoms with Crippen molar-refractivity contribution in [3.63, 3.8) is 0 Å². The van der Waals surface area contributed by atoms with E-state index in [0.717, 1.165) is 0 Å². The quantitative estimate of drug-likeness (QED) is 0.0571. The third-order valence-electron chi connectivity index (χ3n) is 17.6. The molecule has 16 bridgehead atoms. The molecule has 24 nitrogen and oxygen atoms in total. The molecule has 576 valence electrons. The molecule has 0 amide bonds. The van der Waals surface area contributed by atoms with Gasteiger partial charge in [-0.2, -0.15) is 0 Å². The van der Waals surface area contributed by atoms with E-state index in [-0.39, 0.29) is 101 Å². The molecular weight excluding hydrogens is 1540 g/mol. The third kappa shape index (κ3) is 19.4. The average molecular weight is 1680 g/mol. The molecule has 0 aliphatic carbocycles. The van der Waals surface area contributed by atoms with E-state index in [9.17, 15) is 0 Å². The van der Waals surface area contributed by atoms with Crippen molar-refractivity contribution in [1.29, 1.82) is 0 Å². The topological polar surface area (TPSA) is 222 Å². The van der Waals surface area contributed by atoms with Crippen molar-refractivity contribution < 1.29 is 98.8 Å². The summed E-state index contributed by atoms with van der Waals surface area (Å²) in [5, 5.41) is 0. The molecule has 40 heteroatoms. The third-order valence-corrected chi connectivity index (χ3v) is 97.7. The van der Waals surface area contributed by atoms with Crippen LogP contribution < -0.4 is 0 Å². The summed E-state index contributed by atoms with van der Waals surface area (Å²) in [4.78, 5) is 0. The maximum atomic E-state index is 8.40. The summed E-state index contributed by atoms with van der Waals surface area (Å²) in [6.07, 6.45) is 0.255. The maximum absolute atomic E-state index is 8.40. The van der Waals surface area contributed by atoms with E-state index in [2.05, 4.69) is 194 Å². The van der Waals surface area contributed by atoms with Crippen LogP contribution in [0.3, 0.4) is 0 Å². The molecule has 99 heavy (non-hydrogen) atoms. The van der Waals surface area contributed by atoms with Crippen molar-refractivity contribution in [3.05, 3.63) is 0 Å². The highest BCUT2D eigenvalue weighted by Gasteiger charge is 2.87. The van der Waals surface area contributed by atoms with Gasteiger partial charge in [0.15, 0.2) is 0 Å². The lowest BCUT2D eigenvalue weighted by Gasteiger charge is -2.64. The van der Waals surface area contributed by atoms with Crippen molar-refractivity contribution >= 4 is 141 Å². The zero-order valence-electron chi connectivity index (χ0n) is 65.9. The second-order valence-corrected chi connectivity index (χ2v) is 84.8. The fourth-order valence-electron chi connectivity index (χ4n) is 16.3. The van der Waals surface area contributed by atoms with Gasteiger partial charge in [-0.05, 0) is 89.3 Å². The molecule has 12 saturated heterocycles. The first kappa shape index (κ1) is 84.0. The second-order valence-electron chi connectivity index (χ2n) is 36.6. The minimum Gasteiger partial charge on any atom is -0.373 e. The summed E-state index contributed by atoms with van der Waals surface area (Å²) >= 11 is 0. The van der Waals surface area contributed by atoms with Crippen LogP contribution in [0.1, 0.15) is 200 Å². The Bertz CT molecular complexity index is 2280. The van der Waals surface area contributed by atoms with Gasteiger partial charge in [0.1, 0.15) is 0 Å². The van der Waals surface area contributed by atoms with E-state index in [1.807, 2.05) is 0 Å². The molecule has 0 aromatic heterocycles. The highest BCUT2D eigenvalue weighted by atomic mass is 28.6. The SMILES string of the molecule is CC(C)C[Si]12O[Si]3(CCC[Si]45O[Si]6(CC(C)C)O[Si]7(CC(C)C)O[Si](CC(C)C)(O4)O[Si]4(CC(C)C)O[Si](CC(C)C)(O5)O[Si](CC(C)C)(O6)O[Si](CC(C)C)(O7)O4)O[Si]4(CC(C)C)O[Si](CC(C)C)(O1)O[Si]1(CC(C)C)O[Si](CC(C)C)(O2)O[Si](CC(C)C)(O3)O[Si](CC(C)C)(O4)O1. The largest absolute Gasteiger partial charge is 0.479 e. The van der Waals surface area contributed by atoms with Crippen LogP contribution in [-0.4, -0.2) is 141 Å². The zero-order chi connectivity index (χ0) is 73.1. The summed E-state index contributed by atoms with van der Waals surface area (Å²) < 4.78 is 197.